The van der Waals surface area contributed by atoms with E-state index < -0.39 is 11.9 Å². The van der Waals surface area contributed by atoms with E-state index in [1.165, 1.54) is 11.3 Å². The van der Waals surface area contributed by atoms with Crippen LogP contribution in [0.3, 0.4) is 0 Å². The van der Waals surface area contributed by atoms with Gasteiger partial charge in [-0.05, 0) is 36.7 Å². The minimum absolute atomic E-state index is 0.0792. The molecule has 2 rings (SSSR count). The van der Waals surface area contributed by atoms with Gasteiger partial charge in [-0.3, -0.25) is 14.4 Å². The summed E-state index contributed by atoms with van der Waals surface area (Å²) in [6, 6.07) is 9.50. The van der Waals surface area contributed by atoms with E-state index in [1.54, 1.807) is 12.3 Å². The van der Waals surface area contributed by atoms with Gasteiger partial charge in [0, 0.05) is 36.9 Å². The van der Waals surface area contributed by atoms with E-state index >= 15 is 0 Å². The van der Waals surface area contributed by atoms with E-state index in [2.05, 4.69) is 44.9 Å². The Morgan fingerprint density at radius 1 is 1.05 bits per heavy atom. The van der Waals surface area contributed by atoms with Gasteiger partial charge in [-0.1, -0.05) is 78.3 Å². The first kappa shape index (κ1) is 31.5. The number of carboxylic acid groups (broad SMARTS) is 1. The van der Waals surface area contributed by atoms with E-state index in [-0.39, 0.29) is 29.8 Å². The summed E-state index contributed by atoms with van der Waals surface area (Å²) in [4.78, 5) is 44.0. The largest absolute Gasteiger partial charge is 0.481 e. The topological polar surface area (TPSA) is 99.6 Å². The van der Waals surface area contributed by atoms with Crippen LogP contribution in [-0.4, -0.2) is 51.9 Å². The van der Waals surface area contributed by atoms with E-state index in [1.807, 2.05) is 42.3 Å². The lowest BCUT2D eigenvalue weighted by molar-refractivity contribution is -0.141. The quantitative estimate of drug-likeness (QED) is 0.287. The van der Waals surface area contributed by atoms with Gasteiger partial charge in [0.05, 0.1) is 10.9 Å². The van der Waals surface area contributed by atoms with Gasteiger partial charge in [0.25, 0.3) is 5.91 Å². The van der Waals surface area contributed by atoms with Crippen molar-refractivity contribution in [1.29, 1.82) is 0 Å². The number of hydrogen-bond donors (Lipinski definition) is 2. The van der Waals surface area contributed by atoms with E-state index in [0.717, 1.165) is 23.4 Å². The molecule has 0 fully saturated rings. The minimum atomic E-state index is -0.880. The predicted octanol–water partition coefficient (Wildman–Crippen LogP) is 6.01. The highest BCUT2D eigenvalue weighted by Crippen LogP contribution is 2.29. The van der Waals surface area contributed by atoms with Gasteiger partial charge in [0.1, 0.15) is 5.69 Å². The lowest BCUT2D eigenvalue weighted by Crippen LogP contribution is -2.41. The van der Waals surface area contributed by atoms with Crippen LogP contribution in [0.25, 0.3) is 0 Å². The van der Waals surface area contributed by atoms with Crippen LogP contribution in [0.5, 0.6) is 0 Å². The average molecular weight is 544 g/mol. The number of hydrogen-bond acceptors (Lipinski definition) is 5. The van der Waals surface area contributed by atoms with Gasteiger partial charge in [-0.2, -0.15) is 0 Å². The zero-order chi connectivity index (χ0) is 28.4. The molecule has 0 bridgehead atoms. The van der Waals surface area contributed by atoms with Crippen molar-refractivity contribution < 1.29 is 19.5 Å². The zero-order valence-electron chi connectivity index (χ0n) is 23.9. The third-order valence-electron chi connectivity index (χ3n) is 7.37. The molecule has 2 aromatic rings. The molecule has 38 heavy (non-hydrogen) atoms. The van der Waals surface area contributed by atoms with Gasteiger partial charge in [-0.25, -0.2) is 4.98 Å². The Morgan fingerprint density at radius 3 is 2.29 bits per heavy atom. The highest BCUT2D eigenvalue weighted by molar-refractivity contribution is 7.09. The number of aromatic nitrogens is 1. The fourth-order valence-corrected chi connectivity index (χ4v) is 5.48. The first-order valence-electron chi connectivity index (χ1n) is 13.7. The Morgan fingerprint density at radius 2 is 1.71 bits per heavy atom. The maximum absolute atomic E-state index is 13.1. The zero-order valence-corrected chi connectivity index (χ0v) is 24.8. The summed E-state index contributed by atoms with van der Waals surface area (Å²) >= 11 is 1.45. The second-order valence-corrected chi connectivity index (χ2v) is 12.0. The SMILES string of the molecule is CC[C@H](C)CC(=O)N(C)[C@H](C[C@@H](C)c1nc(C(=O)N[C@@H](Cc2ccccc2)C[C@H](C)C(=O)O)cs1)C(C)C. The van der Waals surface area contributed by atoms with E-state index in [4.69, 9.17) is 0 Å². The van der Waals surface area contributed by atoms with Gasteiger partial charge < -0.3 is 15.3 Å². The van der Waals surface area contributed by atoms with Crippen LogP contribution in [0.4, 0.5) is 0 Å². The summed E-state index contributed by atoms with van der Waals surface area (Å²) in [6.07, 6.45) is 3.17. The molecule has 0 spiro atoms. The van der Waals surface area contributed by atoms with Crippen LogP contribution < -0.4 is 5.32 Å². The number of amides is 2. The van der Waals surface area contributed by atoms with Crippen LogP contribution in [0.2, 0.25) is 0 Å². The number of carbonyl (C=O) groups is 3. The molecule has 0 radical (unpaired) electrons. The predicted molar refractivity (Wildman–Crippen MR) is 153 cm³/mol. The molecule has 1 heterocycles. The second kappa shape index (κ2) is 15.0. The Balaban J connectivity index is 2.10. The fraction of sp³-hybridized carbons (Fsp3) is 0.600. The first-order valence-corrected chi connectivity index (χ1v) is 14.6. The molecule has 0 aliphatic rings. The van der Waals surface area contributed by atoms with Crippen molar-refractivity contribution in [1.82, 2.24) is 15.2 Å². The molecule has 1 aromatic heterocycles. The molecule has 2 amide bonds. The minimum Gasteiger partial charge on any atom is -0.481 e. The molecule has 0 saturated heterocycles. The molecular formula is C30H45N3O4S. The van der Waals surface area contributed by atoms with Gasteiger partial charge in [0.2, 0.25) is 5.91 Å². The van der Waals surface area contributed by atoms with Crippen LogP contribution in [-0.2, 0) is 16.0 Å². The Hall–Kier alpha value is -2.74. The summed E-state index contributed by atoms with van der Waals surface area (Å²) in [5.74, 6) is -0.846. The average Bonchev–Trinajstić information content (AvgIpc) is 3.37. The molecule has 0 saturated carbocycles. The van der Waals surface area contributed by atoms with Crippen LogP contribution in [0, 0.1) is 17.8 Å². The van der Waals surface area contributed by atoms with Crippen LogP contribution >= 0.6 is 11.3 Å². The maximum Gasteiger partial charge on any atom is 0.306 e. The van der Waals surface area contributed by atoms with Crippen molar-refractivity contribution in [2.24, 2.45) is 17.8 Å². The van der Waals surface area contributed by atoms with Crippen molar-refractivity contribution >= 4 is 29.1 Å². The maximum atomic E-state index is 13.1. The summed E-state index contributed by atoms with van der Waals surface area (Å²) in [6.45, 7) is 12.2. The van der Waals surface area contributed by atoms with Gasteiger partial charge >= 0.3 is 5.97 Å². The normalized spacial score (nSPS) is 15.4. The molecule has 1 aromatic carbocycles. The lowest BCUT2D eigenvalue weighted by Gasteiger charge is -2.33. The van der Waals surface area contributed by atoms with Crippen molar-refractivity contribution in [3.8, 4) is 0 Å². The molecule has 0 unspecified atom stereocenters. The number of carbonyl (C=O) groups excluding carboxylic acids is 2. The highest BCUT2D eigenvalue weighted by Gasteiger charge is 2.28. The monoisotopic (exact) mass is 543 g/mol. The second-order valence-electron chi connectivity index (χ2n) is 11.1. The standard InChI is InChI=1S/C30H45N3O4S/c1-8-20(4)14-27(34)33(7)26(19(2)3)16-21(5)29-32-25(18-38-29)28(35)31-24(15-22(6)30(36)37)17-23-12-10-9-11-13-23/h9-13,18-22,24,26H,8,14-17H2,1-7H3,(H,31,35)(H,36,37)/t20-,21+,22-,24+,26+/m0/s1. The fourth-order valence-electron chi connectivity index (χ4n) is 4.61. The Kier molecular flexibility index (Phi) is 12.4. The molecule has 0 aliphatic carbocycles. The summed E-state index contributed by atoms with van der Waals surface area (Å²) < 4.78 is 0. The van der Waals surface area contributed by atoms with Gasteiger partial charge in [0.15, 0.2) is 0 Å². The molecule has 8 heteroatoms. The van der Waals surface area contributed by atoms with E-state index in [9.17, 15) is 19.5 Å². The highest BCUT2D eigenvalue weighted by atomic mass is 32.1. The van der Waals surface area contributed by atoms with Crippen LogP contribution in [0.1, 0.15) is 94.2 Å². The van der Waals surface area contributed by atoms with E-state index in [0.29, 0.717) is 36.8 Å². The van der Waals surface area contributed by atoms with Crippen molar-refractivity contribution in [2.45, 2.75) is 91.6 Å². The summed E-state index contributed by atoms with van der Waals surface area (Å²) in [7, 11) is 1.90. The number of nitrogens with one attached hydrogen (secondary N) is 1. The number of aliphatic carboxylic acids is 1. The van der Waals surface area contributed by atoms with Gasteiger partial charge in [-0.15, -0.1) is 11.3 Å². The number of thiazole rings is 1. The molecular weight excluding hydrogens is 498 g/mol. The number of rotatable bonds is 15. The third-order valence-corrected chi connectivity index (χ3v) is 8.45. The Bertz CT molecular complexity index is 1040. The smallest absolute Gasteiger partial charge is 0.306 e. The Labute approximate surface area is 232 Å². The summed E-state index contributed by atoms with van der Waals surface area (Å²) in [5, 5.41) is 15.1. The number of benzene rings is 1. The molecule has 7 nitrogen and oxygen atoms in total. The molecule has 2 N–H and O–H groups in total. The molecule has 210 valence electrons. The number of carboxylic acids is 1. The summed E-state index contributed by atoms with van der Waals surface area (Å²) in [5.41, 5.74) is 1.38. The van der Waals surface area contributed by atoms with Crippen molar-refractivity contribution in [3.05, 3.63) is 52.0 Å². The molecule has 5 atom stereocenters. The number of nitrogens with zero attached hydrogens (tertiary/aromatic N) is 2. The van der Waals surface area contributed by atoms with Crippen LogP contribution in [0.15, 0.2) is 35.7 Å². The third kappa shape index (κ3) is 9.53. The van der Waals surface area contributed by atoms with Crippen molar-refractivity contribution in [3.63, 3.8) is 0 Å². The molecule has 0 aliphatic heterocycles. The van der Waals surface area contributed by atoms with Crippen molar-refractivity contribution in [2.75, 3.05) is 7.05 Å². The first-order chi connectivity index (χ1) is 17.9. The lowest BCUT2D eigenvalue weighted by atomic mass is 9.92.